The molecule has 1 saturated carbocycles. The van der Waals surface area contributed by atoms with Crippen LogP contribution in [0.2, 0.25) is 0 Å². The predicted molar refractivity (Wildman–Crippen MR) is 78.4 cm³/mol. The first kappa shape index (κ1) is 16.3. The van der Waals surface area contributed by atoms with E-state index < -0.39 is 17.5 Å². The molecule has 1 aromatic rings. The van der Waals surface area contributed by atoms with Gasteiger partial charge in [0.15, 0.2) is 17.5 Å². The number of benzene rings is 1. The molecule has 1 nitrogen and oxygen atoms in total. The molecule has 118 valence electrons. The first-order valence-electron chi connectivity index (χ1n) is 7.82. The van der Waals surface area contributed by atoms with E-state index in [0.717, 1.165) is 25.3 Å². The molecule has 0 heterocycles. The molecule has 0 aromatic heterocycles. The zero-order valence-corrected chi connectivity index (χ0v) is 12.9. The van der Waals surface area contributed by atoms with Crippen LogP contribution in [0.5, 0.6) is 0 Å². The van der Waals surface area contributed by atoms with E-state index in [2.05, 4.69) is 19.2 Å². The van der Waals surface area contributed by atoms with Crippen LogP contribution >= 0.6 is 0 Å². The molecule has 1 N–H and O–H groups in total. The summed E-state index contributed by atoms with van der Waals surface area (Å²) < 4.78 is 40.8. The van der Waals surface area contributed by atoms with E-state index in [1.54, 1.807) is 0 Å². The summed E-state index contributed by atoms with van der Waals surface area (Å²) in [7, 11) is 0. The second-order valence-corrected chi connectivity index (χ2v) is 6.33. The van der Waals surface area contributed by atoms with Gasteiger partial charge in [-0.3, -0.25) is 0 Å². The Kier molecular flexibility index (Phi) is 5.31. The summed E-state index contributed by atoms with van der Waals surface area (Å²) in [6.45, 7) is 7.06. The van der Waals surface area contributed by atoms with Gasteiger partial charge in [-0.2, -0.15) is 0 Å². The summed E-state index contributed by atoms with van der Waals surface area (Å²) in [6.07, 6.45) is 3.07. The van der Waals surface area contributed by atoms with Gasteiger partial charge in [-0.25, -0.2) is 13.2 Å². The van der Waals surface area contributed by atoms with E-state index >= 15 is 0 Å². The van der Waals surface area contributed by atoms with Crippen LogP contribution in [-0.2, 0) is 0 Å². The Bertz CT molecular complexity index is 489. The minimum Gasteiger partial charge on any atom is -0.310 e. The second-order valence-electron chi connectivity index (χ2n) is 6.33. The predicted octanol–water partition coefficient (Wildman–Crippen LogP) is 4.83. The van der Waals surface area contributed by atoms with Gasteiger partial charge in [0.05, 0.1) is 0 Å². The SMILES string of the molecule is CCNC(c1ccc(F)c(F)c1F)C1CCC(C)C(C)C1. The van der Waals surface area contributed by atoms with Crippen LogP contribution in [0.3, 0.4) is 0 Å². The molecule has 1 aliphatic rings. The molecule has 2 rings (SSSR count). The fourth-order valence-corrected chi connectivity index (χ4v) is 3.42. The van der Waals surface area contributed by atoms with Crippen LogP contribution in [-0.4, -0.2) is 6.54 Å². The molecule has 1 fully saturated rings. The number of hydrogen-bond donors (Lipinski definition) is 1. The van der Waals surface area contributed by atoms with Crippen molar-refractivity contribution in [3.63, 3.8) is 0 Å². The molecule has 0 spiro atoms. The minimum atomic E-state index is -1.37. The van der Waals surface area contributed by atoms with Gasteiger partial charge in [0.1, 0.15) is 0 Å². The summed E-state index contributed by atoms with van der Waals surface area (Å²) in [4.78, 5) is 0. The quantitative estimate of drug-likeness (QED) is 0.785. The van der Waals surface area contributed by atoms with E-state index in [1.165, 1.54) is 6.07 Å². The summed E-state index contributed by atoms with van der Waals surface area (Å²) in [6, 6.07) is 2.15. The molecule has 21 heavy (non-hydrogen) atoms. The zero-order valence-electron chi connectivity index (χ0n) is 12.9. The highest BCUT2D eigenvalue weighted by atomic mass is 19.2. The molecular formula is C17H24F3N. The van der Waals surface area contributed by atoms with E-state index in [4.69, 9.17) is 0 Å². The number of nitrogens with one attached hydrogen (secondary N) is 1. The molecule has 0 saturated heterocycles. The average molecular weight is 299 g/mol. The van der Waals surface area contributed by atoms with Gasteiger partial charge in [0.25, 0.3) is 0 Å². The largest absolute Gasteiger partial charge is 0.310 e. The van der Waals surface area contributed by atoms with Crippen molar-refractivity contribution in [2.24, 2.45) is 17.8 Å². The minimum absolute atomic E-state index is 0.250. The van der Waals surface area contributed by atoms with Gasteiger partial charge in [-0.1, -0.05) is 33.3 Å². The van der Waals surface area contributed by atoms with Crippen LogP contribution in [0, 0.1) is 35.2 Å². The van der Waals surface area contributed by atoms with Gasteiger partial charge in [-0.05, 0) is 43.2 Å². The number of rotatable bonds is 4. The zero-order chi connectivity index (χ0) is 15.6. The van der Waals surface area contributed by atoms with Gasteiger partial charge < -0.3 is 5.32 Å². The molecule has 0 amide bonds. The molecule has 0 bridgehead atoms. The Morgan fingerprint density at radius 3 is 2.43 bits per heavy atom. The molecule has 4 heteroatoms. The van der Waals surface area contributed by atoms with Crippen LogP contribution < -0.4 is 5.32 Å². The summed E-state index contributed by atoms with van der Waals surface area (Å²) in [5.74, 6) is -2.05. The lowest BCUT2D eigenvalue weighted by Crippen LogP contribution is -2.34. The third kappa shape index (κ3) is 3.42. The summed E-state index contributed by atoms with van der Waals surface area (Å²) >= 11 is 0. The Morgan fingerprint density at radius 1 is 1.10 bits per heavy atom. The highest BCUT2D eigenvalue weighted by Gasteiger charge is 2.32. The lowest BCUT2D eigenvalue weighted by Gasteiger charge is -2.37. The monoisotopic (exact) mass is 299 g/mol. The maximum Gasteiger partial charge on any atom is 0.194 e. The van der Waals surface area contributed by atoms with Crippen LogP contribution in [0.25, 0.3) is 0 Å². The second kappa shape index (κ2) is 6.82. The third-order valence-electron chi connectivity index (χ3n) is 4.93. The van der Waals surface area contributed by atoms with Crippen molar-refractivity contribution < 1.29 is 13.2 Å². The maximum absolute atomic E-state index is 14.1. The summed E-state index contributed by atoms with van der Waals surface area (Å²) in [5.41, 5.74) is 0.252. The third-order valence-corrected chi connectivity index (χ3v) is 4.93. The molecule has 4 unspecified atom stereocenters. The highest BCUT2D eigenvalue weighted by molar-refractivity contribution is 5.24. The Hall–Kier alpha value is -1.03. The Balaban J connectivity index is 2.29. The smallest absolute Gasteiger partial charge is 0.194 e. The van der Waals surface area contributed by atoms with Crippen molar-refractivity contribution in [3.05, 3.63) is 35.1 Å². The molecule has 0 aliphatic heterocycles. The lowest BCUT2D eigenvalue weighted by molar-refractivity contribution is 0.169. The van der Waals surface area contributed by atoms with E-state index in [-0.39, 0.29) is 17.5 Å². The van der Waals surface area contributed by atoms with Gasteiger partial charge in [0, 0.05) is 11.6 Å². The standard InChI is InChI=1S/C17H24F3N/c1-4-21-17(12-6-5-10(2)11(3)9-12)13-7-8-14(18)16(20)15(13)19/h7-8,10-12,17,21H,4-6,9H2,1-3H3. The Morgan fingerprint density at radius 2 is 1.81 bits per heavy atom. The van der Waals surface area contributed by atoms with Crippen molar-refractivity contribution >= 4 is 0 Å². The van der Waals surface area contributed by atoms with Crippen molar-refractivity contribution in [2.45, 2.75) is 46.1 Å². The number of halogens is 3. The fourth-order valence-electron chi connectivity index (χ4n) is 3.42. The topological polar surface area (TPSA) is 12.0 Å². The van der Waals surface area contributed by atoms with Crippen molar-refractivity contribution in [1.29, 1.82) is 0 Å². The van der Waals surface area contributed by atoms with Crippen LogP contribution in [0.15, 0.2) is 12.1 Å². The first-order chi connectivity index (χ1) is 9.95. The number of hydrogen-bond acceptors (Lipinski definition) is 1. The van der Waals surface area contributed by atoms with Crippen LogP contribution in [0.4, 0.5) is 13.2 Å². The van der Waals surface area contributed by atoms with Crippen molar-refractivity contribution in [1.82, 2.24) is 5.32 Å². The molecule has 1 aromatic carbocycles. The lowest BCUT2D eigenvalue weighted by atomic mass is 9.72. The van der Waals surface area contributed by atoms with Gasteiger partial charge >= 0.3 is 0 Å². The van der Waals surface area contributed by atoms with Gasteiger partial charge in [-0.15, -0.1) is 0 Å². The summed E-state index contributed by atoms with van der Waals surface area (Å²) in [5, 5.41) is 3.26. The van der Waals surface area contributed by atoms with Crippen molar-refractivity contribution in [2.75, 3.05) is 6.54 Å². The molecular weight excluding hydrogens is 275 g/mol. The van der Waals surface area contributed by atoms with E-state index in [9.17, 15) is 13.2 Å². The van der Waals surface area contributed by atoms with E-state index in [1.807, 2.05) is 6.92 Å². The average Bonchev–Trinajstić information content (AvgIpc) is 2.46. The van der Waals surface area contributed by atoms with Crippen LogP contribution in [0.1, 0.15) is 51.6 Å². The normalized spacial score (nSPS) is 27.6. The molecule has 1 aliphatic carbocycles. The Labute approximate surface area is 124 Å². The highest BCUT2D eigenvalue weighted by Crippen LogP contribution is 2.40. The molecule has 0 radical (unpaired) electrons. The van der Waals surface area contributed by atoms with E-state index in [0.29, 0.717) is 18.4 Å². The van der Waals surface area contributed by atoms with Crippen molar-refractivity contribution in [3.8, 4) is 0 Å². The molecule has 4 atom stereocenters. The van der Waals surface area contributed by atoms with Gasteiger partial charge in [0.2, 0.25) is 0 Å². The fraction of sp³-hybridized carbons (Fsp3) is 0.647. The maximum atomic E-state index is 14.1. The first-order valence-corrected chi connectivity index (χ1v) is 7.82.